The molecule has 0 saturated carbocycles. The van der Waals surface area contributed by atoms with E-state index >= 15 is 0 Å². The van der Waals surface area contributed by atoms with Gasteiger partial charge in [0.25, 0.3) is 0 Å². The molecule has 4 heterocycles. The van der Waals surface area contributed by atoms with E-state index < -0.39 is 0 Å². The van der Waals surface area contributed by atoms with Crippen molar-refractivity contribution in [2.75, 3.05) is 4.90 Å². The zero-order valence-corrected chi connectivity index (χ0v) is 33.2. The second kappa shape index (κ2) is 12.7. The maximum atomic E-state index is 7.02. The van der Waals surface area contributed by atoms with Crippen LogP contribution < -0.4 is 4.90 Å². The van der Waals surface area contributed by atoms with Gasteiger partial charge < -0.3 is 13.9 Å². The van der Waals surface area contributed by atoms with E-state index in [0.717, 1.165) is 55.8 Å². The van der Waals surface area contributed by atoms with Gasteiger partial charge >= 0.3 is 0 Å². The summed E-state index contributed by atoms with van der Waals surface area (Å²) in [5.41, 5.74) is 10.8. The van der Waals surface area contributed by atoms with Crippen LogP contribution in [0.15, 0.2) is 199 Å². The molecule has 0 aliphatic heterocycles. The first-order valence-corrected chi connectivity index (χ1v) is 21.6. The Bertz CT molecular complexity index is 3770. The second-order valence-electron chi connectivity index (χ2n) is 15.2. The Morgan fingerprint density at radius 2 is 1.00 bits per heavy atom. The lowest BCUT2D eigenvalue weighted by molar-refractivity contribution is 0.670. The van der Waals surface area contributed by atoms with Crippen LogP contribution in [0.2, 0.25) is 0 Å². The lowest BCUT2D eigenvalue weighted by Gasteiger charge is -2.28. The molecule has 0 unspecified atom stereocenters. The summed E-state index contributed by atoms with van der Waals surface area (Å²) in [6.45, 7) is 0. The minimum absolute atomic E-state index is 0.869. The number of hydrogen-bond acceptors (Lipinski definition) is 4. The van der Waals surface area contributed by atoms with Crippen LogP contribution in [0.5, 0.6) is 0 Å². The molecule has 9 aromatic carbocycles. The highest BCUT2D eigenvalue weighted by molar-refractivity contribution is 7.26. The first kappa shape index (κ1) is 32.9. The quantitative estimate of drug-likeness (QED) is 0.173. The van der Waals surface area contributed by atoms with Crippen LogP contribution in [-0.4, -0.2) is 4.57 Å². The lowest BCUT2D eigenvalue weighted by atomic mass is 9.98. The third-order valence-corrected chi connectivity index (χ3v) is 14.3. The van der Waals surface area contributed by atoms with Gasteiger partial charge in [0.05, 0.1) is 38.2 Å². The molecule has 0 amide bonds. The van der Waals surface area contributed by atoms with Gasteiger partial charge in [-0.3, -0.25) is 0 Å². The molecule has 0 fully saturated rings. The van der Waals surface area contributed by atoms with Gasteiger partial charge in [-0.05, 0) is 78.4 Å². The highest BCUT2D eigenvalue weighted by atomic mass is 32.1. The number of anilines is 3. The number of benzene rings is 9. The maximum absolute atomic E-state index is 7.02. The van der Waals surface area contributed by atoms with E-state index in [1.807, 2.05) is 22.7 Å². The Balaban J connectivity index is 1.11. The van der Waals surface area contributed by atoms with Gasteiger partial charge in [-0.2, -0.15) is 0 Å². The molecule has 0 atom stereocenters. The zero-order chi connectivity index (χ0) is 38.6. The highest BCUT2D eigenvalue weighted by Gasteiger charge is 2.26. The zero-order valence-electron chi connectivity index (χ0n) is 31.6. The molecule has 0 saturated heterocycles. The molecular weight excluding hydrogens is 757 g/mol. The van der Waals surface area contributed by atoms with E-state index in [1.54, 1.807) is 0 Å². The molecule has 59 heavy (non-hydrogen) atoms. The van der Waals surface area contributed by atoms with Crippen molar-refractivity contribution in [3.8, 4) is 16.8 Å². The first-order chi connectivity index (χ1) is 29.3. The number of aromatic nitrogens is 1. The molecule has 0 bridgehead atoms. The summed E-state index contributed by atoms with van der Waals surface area (Å²) in [4.78, 5) is 2.52. The average molecular weight is 789 g/mol. The largest absolute Gasteiger partial charge is 0.455 e. The molecule has 13 rings (SSSR count). The van der Waals surface area contributed by atoms with Gasteiger partial charge in [0.15, 0.2) is 0 Å². The van der Waals surface area contributed by atoms with Crippen LogP contribution in [0.25, 0.3) is 101 Å². The molecule has 0 aliphatic rings. The van der Waals surface area contributed by atoms with Crippen molar-refractivity contribution in [1.29, 1.82) is 0 Å². The summed E-state index contributed by atoms with van der Waals surface area (Å²) in [5, 5.41) is 9.76. The third-order valence-electron chi connectivity index (χ3n) is 12.0. The van der Waals surface area contributed by atoms with E-state index in [4.69, 9.17) is 4.42 Å². The Morgan fingerprint density at radius 3 is 1.81 bits per heavy atom. The minimum Gasteiger partial charge on any atom is -0.455 e. The summed E-state index contributed by atoms with van der Waals surface area (Å²) in [5.74, 6) is 0. The monoisotopic (exact) mass is 788 g/mol. The third kappa shape index (κ3) is 4.80. The van der Waals surface area contributed by atoms with Crippen LogP contribution in [0.4, 0.5) is 17.1 Å². The predicted octanol–water partition coefficient (Wildman–Crippen LogP) is 16.6. The highest BCUT2D eigenvalue weighted by Crippen LogP contribution is 2.52. The normalized spacial score (nSPS) is 12.1. The molecule has 3 nitrogen and oxygen atoms in total. The first-order valence-electron chi connectivity index (χ1n) is 19.9. The summed E-state index contributed by atoms with van der Waals surface area (Å²) in [7, 11) is 0. The Labute approximate surface area is 346 Å². The number of rotatable bonds is 5. The average Bonchev–Trinajstić information content (AvgIpc) is 4.06. The number of nitrogens with zero attached hydrogens (tertiary/aromatic N) is 2. The van der Waals surface area contributed by atoms with Crippen molar-refractivity contribution in [3.05, 3.63) is 194 Å². The standard InChI is InChI=1S/C54H32N2OS2/c1-6-22-42-36(16-1)37-17-2-7-23-43(37)55(42)34-15-11-14-33(32-34)35-30-31-45(52-40-19-3-8-26-47(40)57-53(35)52)56(44-24-13-29-50-51(44)41-20-5-10-28-49(41)58-50)46-25-12-21-39-38-18-4-9-27-48(38)59-54(39)46/h1-32H. The van der Waals surface area contributed by atoms with Gasteiger partial charge in [0.1, 0.15) is 11.2 Å². The smallest absolute Gasteiger partial charge is 0.145 e. The fraction of sp³-hybridized carbons (Fsp3) is 0. The van der Waals surface area contributed by atoms with Crippen LogP contribution in [0, 0.1) is 0 Å². The molecular formula is C54H32N2OS2. The minimum atomic E-state index is 0.869. The van der Waals surface area contributed by atoms with Crippen LogP contribution in [0.3, 0.4) is 0 Å². The Hall–Kier alpha value is -7.18. The van der Waals surface area contributed by atoms with E-state index in [1.165, 1.54) is 62.2 Å². The van der Waals surface area contributed by atoms with Gasteiger partial charge in [-0.25, -0.2) is 0 Å². The van der Waals surface area contributed by atoms with E-state index in [0.29, 0.717) is 0 Å². The SMILES string of the molecule is c1cc(-c2ccc(N(c3cccc4c3sc3ccccc34)c3cccc4sc5ccccc5c34)c3c2oc2ccccc23)cc(-n2c3ccccc3c3ccccc32)c1. The Morgan fingerprint density at radius 1 is 0.407 bits per heavy atom. The topological polar surface area (TPSA) is 21.3 Å². The summed E-state index contributed by atoms with van der Waals surface area (Å²) in [6.07, 6.45) is 0. The summed E-state index contributed by atoms with van der Waals surface area (Å²) < 4.78 is 14.5. The summed E-state index contributed by atoms with van der Waals surface area (Å²) in [6, 6.07) is 70.6. The second-order valence-corrected chi connectivity index (χ2v) is 17.3. The molecule has 0 spiro atoms. The van der Waals surface area contributed by atoms with Gasteiger partial charge in [0.2, 0.25) is 0 Å². The number of thiophene rings is 2. The Kier molecular flexibility index (Phi) is 7.05. The molecule has 4 aromatic heterocycles. The number of hydrogen-bond donors (Lipinski definition) is 0. The number of furan rings is 1. The van der Waals surface area contributed by atoms with Gasteiger partial charge in [-0.1, -0.05) is 121 Å². The summed E-state index contributed by atoms with van der Waals surface area (Å²) >= 11 is 3.72. The van der Waals surface area contributed by atoms with E-state index in [2.05, 4.69) is 204 Å². The van der Waals surface area contributed by atoms with Crippen molar-refractivity contribution < 1.29 is 4.42 Å². The van der Waals surface area contributed by atoms with Gasteiger partial charge in [0, 0.05) is 63.1 Å². The van der Waals surface area contributed by atoms with Crippen molar-refractivity contribution in [1.82, 2.24) is 4.57 Å². The maximum Gasteiger partial charge on any atom is 0.145 e. The molecule has 0 radical (unpaired) electrons. The molecule has 5 heteroatoms. The van der Waals surface area contributed by atoms with Crippen LogP contribution in [0.1, 0.15) is 0 Å². The molecule has 276 valence electrons. The van der Waals surface area contributed by atoms with Crippen LogP contribution >= 0.6 is 22.7 Å². The number of fused-ring (bicyclic) bond motifs is 12. The van der Waals surface area contributed by atoms with E-state index in [9.17, 15) is 0 Å². The molecule has 13 aromatic rings. The van der Waals surface area contributed by atoms with E-state index in [-0.39, 0.29) is 0 Å². The van der Waals surface area contributed by atoms with Crippen molar-refractivity contribution in [3.63, 3.8) is 0 Å². The molecule has 0 N–H and O–H groups in total. The molecule has 0 aliphatic carbocycles. The predicted molar refractivity (Wildman–Crippen MR) is 254 cm³/mol. The lowest BCUT2D eigenvalue weighted by Crippen LogP contribution is -2.11. The van der Waals surface area contributed by atoms with Crippen molar-refractivity contribution in [2.45, 2.75) is 0 Å². The van der Waals surface area contributed by atoms with Gasteiger partial charge in [-0.15, -0.1) is 22.7 Å². The fourth-order valence-corrected chi connectivity index (χ4v) is 11.8. The van der Waals surface area contributed by atoms with Crippen molar-refractivity contribution >= 4 is 124 Å². The fourth-order valence-electron chi connectivity index (χ4n) is 9.48. The van der Waals surface area contributed by atoms with Crippen molar-refractivity contribution in [2.24, 2.45) is 0 Å². The number of para-hydroxylation sites is 3. The van der Waals surface area contributed by atoms with Crippen LogP contribution in [-0.2, 0) is 0 Å².